The van der Waals surface area contributed by atoms with Crippen LogP contribution in [0.3, 0.4) is 0 Å². The van der Waals surface area contributed by atoms with Crippen LogP contribution in [0.1, 0.15) is 33.3 Å². The number of para-hydroxylation sites is 2. The SMILES string of the molecule is CC(C)COc1ccccc1N(C)c1nc(OC(C)C)ncc1C(F)(F)F. The molecule has 1 aromatic carbocycles. The van der Waals surface area contributed by atoms with Gasteiger partial charge in [0, 0.05) is 13.2 Å². The number of halogens is 3. The molecule has 0 N–H and O–H groups in total. The summed E-state index contributed by atoms with van der Waals surface area (Å²) < 4.78 is 51.6. The summed E-state index contributed by atoms with van der Waals surface area (Å²) in [6.45, 7) is 7.93. The molecule has 8 heteroatoms. The predicted octanol–water partition coefficient (Wildman–Crippen LogP) is 5.09. The quantitative estimate of drug-likeness (QED) is 0.667. The zero-order valence-corrected chi connectivity index (χ0v) is 16.0. The first-order valence-corrected chi connectivity index (χ1v) is 8.66. The number of aromatic nitrogens is 2. The van der Waals surface area contributed by atoms with Crippen molar-refractivity contribution in [2.24, 2.45) is 5.92 Å². The minimum atomic E-state index is -4.60. The van der Waals surface area contributed by atoms with E-state index in [2.05, 4.69) is 9.97 Å². The van der Waals surface area contributed by atoms with Gasteiger partial charge in [0.25, 0.3) is 0 Å². The van der Waals surface area contributed by atoms with Crippen LogP contribution in [-0.4, -0.2) is 29.7 Å². The van der Waals surface area contributed by atoms with Crippen molar-refractivity contribution in [3.8, 4) is 11.8 Å². The van der Waals surface area contributed by atoms with Gasteiger partial charge in [0.1, 0.15) is 11.3 Å². The normalized spacial score (nSPS) is 11.8. The third-order valence-corrected chi connectivity index (χ3v) is 3.51. The second-order valence-electron chi connectivity index (χ2n) is 6.79. The predicted molar refractivity (Wildman–Crippen MR) is 97.6 cm³/mol. The number of hydrogen-bond donors (Lipinski definition) is 0. The lowest BCUT2D eigenvalue weighted by atomic mass is 10.2. The van der Waals surface area contributed by atoms with Crippen LogP contribution in [-0.2, 0) is 6.18 Å². The van der Waals surface area contributed by atoms with Gasteiger partial charge in [-0.3, -0.25) is 0 Å². The maximum Gasteiger partial charge on any atom is 0.421 e. The lowest BCUT2D eigenvalue weighted by Crippen LogP contribution is -2.21. The molecular formula is C19H24F3N3O2. The number of nitrogens with zero attached hydrogens (tertiary/aromatic N) is 3. The van der Waals surface area contributed by atoms with Crippen molar-refractivity contribution < 1.29 is 22.6 Å². The van der Waals surface area contributed by atoms with E-state index in [9.17, 15) is 13.2 Å². The number of anilines is 2. The lowest BCUT2D eigenvalue weighted by Gasteiger charge is -2.25. The number of rotatable bonds is 7. The first kappa shape index (κ1) is 20.8. The summed E-state index contributed by atoms with van der Waals surface area (Å²) in [5.41, 5.74) is -0.474. The van der Waals surface area contributed by atoms with Crippen LogP contribution in [0.5, 0.6) is 11.8 Å². The van der Waals surface area contributed by atoms with Crippen molar-refractivity contribution in [3.63, 3.8) is 0 Å². The van der Waals surface area contributed by atoms with E-state index in [0.717, 1.165) is 6.20 Å². The Bertz CT molecular complexity index is 764. The van der Waals surface area contributed by atoms with Gasteiger partial charge in [-0.15, -0.1) is 0 Å². The molecule has 27 heavy (non-hydrogen) atoms. The van der Waals surface area contributed by atoms with E-state index < -0.39 is 11.7 Å². The zero-order valence-electron chi connectivity index (χ0n) is 16.0. The minimum absolute atomic E-state index is 0.111. The fourth-order valence-corrected chi connectivity index (χ4v) is 2.31. The lowest BCUT2D eigenvalue weighted by molar-refractivity contribution is -0.137. The molecule has 1 heterocycles. The third kappa shape index (κ3) is 5.48. The van der Waals surface area contributed by atoms with Gasteiger partial charge in [0.15, 0.2) is 5.82 Å². The van der Waals surface area contributed by atoms with Gasteiger partial charge in [0.05, 0.1) is 18.4 Å². The fourth-order valence-electron chi connectivity index (χ4n) is 2.31. The Labute approximate surface area is 157 Å². The van der Waals surface area contributed by atoms with Crippen LogP contribution in [0.15, 0.2) is 30.5 Å². The van der Waals surface area contributed by atoms with E-state index in [4.69, 9.17) is 9.47 Å². The highest BCUT2D eigenvalue weighted by atomic mass is 19.4. The van der Waals surface area contributed by atoms with Crippen molar-refractivity contribution in [3.05, 3.63) is 36.0 Å². The molecule has 0 aliphatic rings. The Morgan fingerprint density at radius 2 is 1.78 bits per heavy atom. The summed E-state index contributed by atoms with van der Waals surface area (Å²) in [5.74, 6) is 0.458. The molecule has 0 saturated heterocycles. The highest BCUT2D eigenvalue weighted by Gasteiger charge is 2.37. The van der Waals surface area contributed by atoms with Crippen molar-refractivity contribution in [2.45, 2.75) is 40.0 Å². The topological polar surface area (TPSA) is 47.5 Å². The average Bonchev–Trinajstić information content (AvgIpc) is 2.58. The van der Waals surface area contributed by atoms with E-state index in [1.54, 1.807) is 38.1 Å². The summed E-state index contributed by atoms with van der Waals surface area (Å²) in [6, 6.07) is 6.79. The molecule has 148 valence electrons. The van der Waals surface area contributed by atoms with Crippen LogP contribution in [0.25, 0.3) is 0 Å². The average molecular weight is 383 g/mol. The first-order valence-electron chi connectivity index (χ1n) is 8.66. The molecule has 2 aromatic rings. The van der Waals surface area contributed by atoms with Gasteiger partial charge in [0.2, 0.25) is 0 Å². The summed E-state index contributed by atoms with van der Waals surface area (Å²) in [6.07, 6.45) is -4.12. The molecule has 2 rings (SSSR count). The number of benzene rings is 1. The van der Waals surface area contributed by atoms with Crippen LogP contribution < -0.4 is 14.4 Å². The molecule has 1 aromatic heterocycles. The summed E-state index contributed by atoms with van der Waals surface area (Å²) in [5, 5.41) is 0. The third-order valence-electron chi connectivity index (χ3n) is 3.51. The van der Waals surface area contributed by atoms with Crippen LogP contribution in [0, 0.1) is 5.92 Å². The van der Waals surface area contributed by atoms with Crippen molar-refractivity contribution in [1.82, 2.24) is 9.97 Å². The zero-order chi connectivity index (χ0) is 20.2. The van der Waals surface area contributed by atoms with Gasteiger partial charge in [-0.1, -0.05) is 26.0 Å². The maximum absolute atomic E-state index is 13.5. The summed E-state index contributed by atoms with van der Waals surface area (Å²) in [7, 11) is 1.51. The first-order chi connectivity index (χ1) is 12.6. The summed E-state index contributed by atoms with van der Waals surface area (Å²) in [4.78, 5) is 9.04. The molecule has 0 atom stereocenters. The largest absolute Gasteiger partial charge is 0.491 e. The Balaban J connectivity index is 2.49. The number of alkyl halides is 3. The number of hydrogen-bond acceptors (Lipinski definition) is 5. The fraction of sp³-hybridized carbons (Fsp3) is 0.474. The van der Waals surface area contributed by atoms with Crippen LogP contribution >= 0.6 is 0 Å². The van der Waals surface area contributed by atoms with E-state index in [1.165, 1.54) is 11.9 Å². The summed E-state index contributed by atoms with van der Waals surface area (Å²) >= 11 is 0. The van der Waals surface area contributed by atoms with Gasteiger partial charge < -0.3 is 14.4 Å². The second-order valence-corrected chi connectivity index (χ2v) is 6.79. The Morgan fingerprint density at radius 1 is 1.11 bits per heavy atom. The molecular weight excluding hydrogens is 359 g/mol. The van der Waals surface area contributed by atoms with E-state index in [-0.39, 0.29) is 23.9 Å². The second kappa shape index (κ2) is 8.45. The van der Waals surface area contributed by atoms with Gasteiger partial charge >= 0.3 is 12.2 Å². The molecule has 0 saturated carbocycles. The van der Waals surface area contributed by atoms with E-state index in [0.29, 0.717) is 18.0 Å². The standard InChI is InChI=1S/C19H24F3N3O2/c1-12(2)11-26-16-9-7-6-8-15(16)25(5)17-14(19(20,21)22)10-23-18(24-17)27-13(3)4/h6-10,12-13H,11H2,1-5H3. The van der Waals surface area contributed by atoms with Crippen LogP contribution in [0.4, 0.5) is 24.7 Å². The molecule has 0 spiro atoms. The molecule has 0 radical (unpaired) electrons. The van der Waals surface area contributed by atoms with Gasteiger partial charge in [-0.2, -0.15) is 18.2 Å². The Kier molecular flexibility index (Phi) is 6.51. The highest BCUT2D eigenvalue weighted by molar-refractivity contribution is 5.68. The van der Waals surface area contributed by atoms with Crippen molar-refractivity contribution >= 4 is 11.5 Å². The minimum Gasteiger partial charge on any atom is -0.491 e. The molecule has 0 amide bonds. The number of ether oxygens (including phenoxy) is 2. The molecule has 5 nitrogen and oxygen atoms in total. The molecule has 0 unspecified atom stereocenters. The molecule has 0 fully saturated rings. The van der Waals surface area contributed by atoms with Gasteiger partial charge in [-0.25, -0.2) is 4.98 Å². The van der Waals surface area contributed by atoms with Crippen molar-refractivity contribution in [2.75, 3.05) is 18.6 Å². The van der Waals surface area contributed by atoms with E-state index in [1.807, 2.05) is 13.8 Å². The monoisotopic (exact) mass is 383 g/mol. The smallest absolute Gasteiger partial charge is 0.421 e. The maximum atomic E-state index is 13.5. The van der Waals surface area contributed by atoms with E-state index >= 15 is 0 Å². The molecule has 0 aliphatic carbocycles. The Hall–Kier alpha value is -2.51. The highest BCUT2D eigenvalue weighted by Crippen LogP contribution is 2.40. The van der Waals surface area contributed by atoms with Gasteiger partial charge in [-0.05, 0) is 31.9 Å². The van der Waals surface area contributed by atoms with Crippen molar-refractivity contribution in [1.29, 1.82) is 0 Å². The molecule has 0 bridgehead atoms. The Morgan fingerprint density at radius 3 is 2.37 bits per heavy atom. The van der Waals surface area contributed by atoms with Crippen LogP contribution in [0.2, 0.25) is 0 Å². The molecule has 0 aliphatic heterocycles.